The van der Waals surface area contributed by atoms with Crippen LogP contribution < -0.4 is 5.32 Å². The van der Waals surface area contributed by atoms with Gasteiger partial charge in [0.1, 0.15) is 15.2 Å². The Morgan fingerprint density at radius 2 is 1.97 bits per heavy atom. The molecule has 2 N–H and O–H groups in total. The molecule has 7 nitrogen and oxygen atoms in total. The number of halogens is 1. The van der Waals surface area contributed by atoms with Crippen molar-refractivity contribution in [1.29, 1.82) is 4.78 Å². The van der Waals surface area contributed by atoms with Crippen LogP contribution in [0.1, 0.15) is 60.9 Å². The van der Waals surface area contributed by atoms with Gasteiger partial charge in [-0.25, -0.2) is 14.0 Å². The van der Waals surface area contributed by atoms with Gasteiger partial charge in [0.25, 0.3) is 5.91 Å². The van der Waals surface area contributed by atoms with Crippen molar-refractivity contribution in [1.82, 2.24) is 10.3 Å². The second kappa shape index (κ2) is 7.09. The van der Waals surface area contributed by atoms with E-state index in [1.807, 2.05) is 12.1 Å². The topological polar surface area (TPSA) is 109 Å². The van der Waals surface area contributed by atoms with E-state index < -0.39 is 9.73 Å². The quantitative estimate of drug-likeness (QED) is 0.501. The highest BCUT2D eigenvalue weighted by Crippen LogP contribution is 2.61. The summed E-state index contributed by atoms with van der Waals surface area (Å²) in [5, 5.41) is 3.78. The molecule has 1 aromatic carbocycles. The number of amides is 1. The van der Waals surface area contributed by atoms with E-state index in [0.29, 0.717) is 22.6 Å². The summed E-state index contributed by atoms with van der Waals surface area (Å²) < 4.78 is 32.0. The molecule has 0 aliphatic heterocycles. The molecule has 32 heavy (non-hydrogen) atoms. The van der Waals surface area contributed by atoms with E-state index in [0.717, 1.165) is 55.5 Å². The highest BCUT2D eigenvalue weighted by Gasteiger charge is 2.54. The van der Waals surface area contributed by atoms with E-state index in [4.69, 9.17) is 25.2 Å². The minimum Gasteiger partial charge on any atom is -0.441 e. The van der Waals surface area contributed by atoms with Crippen LogP contribution in [0.4, 0.5) is 0 Å². The maximum Gasteiger partial charge on any atom is 0.287 e. The molecule has 3 aliphatic rings. The molecule has 0 bridgehead atoms. The summed E-state index contributed by atoms with van der Waals surface area (Å²) in [6.45, 7) is 0. The molecule has 1 amide bonds. The van der Waals surface area contributed by atoms with Crippen LogP contribution in [-0.2, 0) is 9.73 Å². The predicted molar refractivity (Wildman–Crippen MR) is 119 cm³/mol. The van der Waals surface area contributed by atoms with Gasteiger partial charge in [-0.3, -0.25) is 4.79 Å². The zero-order chi connectivity index (χ0) is 22.1. The van der Waals surface area contributed by atoms with Crippen molar-refractivity contribution in [3.63, 3.8) is 0 Å². The Hall–Kier alpha value is -2.32. The number of oxazole rings is 1. The van der Waals surface area contributed by atoms with Gasteiger partial charge >= 0.3 is 0 Å². The van der Waals surface area contributed by atoms with Crippen molar-refractivity contribution in [2.24, 2.45) is 11.3 Å². The van der Waals surface area contributed by atoms with E-state index in [1.165, 1.54) is 12.1 Å². The molecule has 3 saturated carbocycles. The molecule has 6 rings (SSSR count). The molecule has 2 aromatic heterocycles. The predicted octanol–water partition coefficient (Wildman–Crippen LogP) is 5.35. The third kappa shape index (κ3) is 3.63. The summed E-state index contributed by atoms with van der Waals surface area (Å²) in [7, 11) is -2.96. The SMILES string of the molecule is N=S(=O)(CC1CC1)c1ccc(C(=O)NC2CC3(C2)CC(c2nc4cc(Cl)ccc4o2)C3)o1. The van der Waals surface area contributed by atoms with Gasteiger partial charge in [0.2, 0.25) is 0 Å². The third-order valence-corrected chi connectivity index (χ3v) is 9.11. The number of nitrogens with zero attached hydrogens (tertiary/aromatic N) is 1. The van der Waals surface area contributed by atoms with Crippen LogP contribution in [0.15, 0.2) is 44.3 Å². The van der Waals surface area contributed by atoms with Crippen LogP contribution in [0.2, 0.25) is 5.02 Å². The Labute approximate surface area is 190 Å². The first-order valence-corrected chi connectivity index (χ1v) is 13.1. The van der Waals surface area contributed by atoms with Crippen LogP contribution >= 0.6 is 11.6 Å². The smallest absolute Gasteiger partial charge is 0.287 e. The van der Waals surface area contributed by atoms with Crippen molar-refractivity contribution in [3.05, 3.63) is 47.0 Å². The zero-order valence-electron chi connectivity index (χ0n) is 17.4. The third-order valence-electron chi connectivity index (χ3n) is 7.07. The Morgan fingerprint density at radius 1 is 1.19 bits per heavy atom. The standard InChI is InChI=1S/C23H24ClN3O4S/c24-15-3-4-18-17(7-15)27-22(31-18)14-8-23(9-14)10-16(11-23)26-21(28)19-5-6-20(30-19)32(25,29)12-13-1-2-13/h3-7,13-14,16,25H,1-2,8-12H2,(H,26,28). The van der Waals surface area contributed by atoms with Crippen LogP contribution in [-0.4, -0.2) is 26.9 Å². The molecule has 3 fully saturated rings. The minimum absolute atomic E-state index is 0.103. The Balaban J connectivity index is 1.03. The van der Waals surface area contributed by atoms with Crippen LogP contribution in [0, 0.1) is 16.1 Å². The Kier molecular flexibility index (Phi) is 4.50. The van der Waals surface area contributed by atoms with Gasteiger partial charge in [0.05, 0.1) is 0 Å². The maximum absolute atomic E-state index is 12.6. The molecular weight excluding hydrogens is 450 g/mol. The lowest BCUT2D eigenvalue weighted by Gasteiger charge is -2.57. The number of hydrogen-bond donors (Lipinski definition) is 2. The second-order valence-corrected chi connectivity index (χ2v) is 12.3. The van der Waals surface area contributed by atoms with Gasteiger partial charge in [0.15, 0.2) is 22.3 Å². The second-order valence-electron chi connectivity index (χ2n) is 9.75. The van der Waals surface area contributed by atoms with E-state index >= 15 is 0 Å². The molecule has 0 saturated heterocycles. The molecule has 3 aliphatic carbocycles. The fraction of sp³-hybridized carbons (Fsp3) is 0.478. The van der Waals surface area contributed by atoms with Crippen LogP contribution in [0.25, 0.3) is 11.1 Å². The van der Waals surface area contributed by atoms with Gasteiger partial charge in [-0.2, -0.15) is 0 Å². The minimum atomic E-state index is -2.96. The van der Waals surface area contributed by atoms with Gasteiger partial charge in [0, 0.05) is 22.7 Å². The molecule has 2 heterocycles. The first kappa shape index (κ1) is 20.3. The number of nitrogens with one attached hydrogen (secondary N) is 2. The summed E-state index contributed by atoms with van der Waals surface area (Å²) in [6.07, 6.45) is 5.90. The molecule has 9 heteroatoms. The largest absolute Gasteiger partial charge is 0.441 e. The monoisotopic (exact) mass is 473 g/mol. The van der Waals surface area contributed by atoms with Crippen molar-refractivity contribution in [3.8, 4) is 0 Å². The highest BCUT2D eigenvalue weighted by molar-refractivity contribution is 7.92. The summed E-state index contributed by atoms with van der Waals surface area (Å²) >= 11 is 6.03. The number of furan rings is 1. The number of fused-ring (bicyclic) bond motifs is 1. The summed E-state index contributed by atoms with van der Waals surface area (Å²) in [4.78, 5) is 17.2. The number of benzene rings is 1. The molecule has 1 spiro atoms. The summed E-state index contributed by atoms with van der Waals surface area (Å²) in [5.41, 5.74) is 1.80. The van der Waals surface area contributed by atoms with E-state index in [-0.39, 0.29) is 28.2 Å². The van der Waals surface area contributed by atoms with E-state index in [1.54, 1.807) is 6.07 Å². The molecule has 3 aromatic rings. The average molecular weight is 474 g/mol. The maximum atomic E-state index is 12.6. The number of aromatic nitrogens is 1. The number of carbonyl (C=O) groups excluding carboxylic acids is 1. The van der Waals surface area contributed by atoms with E-state index in [2.05, 4.69) is 10.3 Å². The Bertz CT molecular complexity index is 1310. The lowest BCUT2D eigenvalue weighted by molar-refractivity contribution is -0.0256. The normalized spacial score (nSPS) is 28.8. The van der Waals surface area contributed by atoms with Gasteiger partial charge < -0.3 is 14.2 Å². The number of rotatable bonds is 6. The molecule has 168 valence electrons. The summed E-state index contributed by atoms with van der Waals surface area (Å²) in [6, 6.07) is 8.61. The average Bonchev–Trinajstić information content (AvgIpc) is 3.18. The lowest BCUT2D eigenvalue weighted by atomic mass is 9.50. The van der Waals surface area contributed by atoms with Gasteiger partial charge in [-0.05, 0) is 80.2 Å². The zero-order valence-corrected chi connectivity index (χ0v) is 19.0. The number of hydrogen-bond acceptors (Lipinski definition) is 6. The molecule has 0 radical (unpaired) electrons. The molecular formula is C23H24ClN3O4S. The van der Waals surface area contributed by atoms with Gasteiger partial charge in [-0.15, -0.1) is 0 Å². The van der Waals surface area contributed by atoms with Crippen molar-refractivity contribution >= 4 is 38.3 Å². The molecule has 1 unspecified atom stereocenters. The molecule has 1 atom stereocenters. The first-order chi connectivity index (χ1) is 15.3. The fourth-order valence-electron chi connectivity index (χ4n) is 5.25. The van der Waals surface area contributed by atoms with Crippen molar-refractivity contribution < 1.29 is 17.8 Å². The summed E-state index contributed by atoms with van der Waals surface area (Å²) in [5.74, 6) is 1.59. The van der Waals surface area contributed by atoms with Crippen molar-refractivity contribution in [2.75, 3.05) is 5.75 Å². The Morgan fingerprint density at radius 3 is 2.72 bits per heavy atom. The van der Waals surface area contributed by atoms with Crippen LogP contribution in [0.3, 0.4) is 0 Å². The lowest BCUT2D eigenvalue weighted by Crippen LogP contribution is -2.55. The van der Waals surface area contributed by atoms with Crippen LogP contribution in [0.5, 0.6) is 0 Å². The van der Waals surface area contributed by atoms with Gasteiger partial charge in [-0.1, -0.05) is 11.6 Å². The highest BCUT2D eigenvalue weighted by atomic mass is 35.5. The van der Waals surface area contributed by atoms with Crippen molar-refractivity contribution in [2.45, 2.75) is 55.6 Å². The number of carbonyl (C=O) groups is 1. The van der Waals surface area contributed by atoms with E-state index in [9.17, 15) is 9.00 Å². The first-order valence-electron chi connectivity index (χ1n) is 11.0. The fourth-order valence-corrected chi connectivity index (χ4v) is 7.09.